The van der Waals surface area contributed by atoms with Crippen molar-refractivity contribution in [2.45, 2.75) is 21.1 Å². The predicted molar refractivity (Wildman–Crippen MR) is 74.0 cm³/mol. The third-order valence-electron chi connectivity index (χ3n) is 2.13. The van der Waals surface area contributed by atoms with Gasteiger partial charge in [-0.3, -0.25) is 0 Å². The van der Waals surface area contributed by atoms with Crippen molar-refractivity contribution >= 4 is 41.0 Å². The molecule has 1 aromatic carbocycles. The van der Waals surface area contributed by atoms with E-state index in [1.807, 2.05) is 25.3 Å². The molecule has 0 fully saturated rings. The first kappa shape index (κ1) is 13.4. The van der Waals surface area contributed by atoms with Crippen LogP contribution in [0.4, 0.5) is 0 Å². The van der Waals surface area contributed by atoms with Gasteiger partial charge in [-0.05, 0) is 36.8 Å². The van der Waals surface area contributed by atoms with Crippen LogP contribution in [0.15, 0.2) is 32.3 Å². The third kappa shape index (κ3) is 2.85. The maximum Gasteiger partial charge on any atom is 0.337 e. The second-order valence-corrected chi connectivity index (χ2v) is 6.24. The molecule has 1 N–H and O–H groups in total. The Morgan fingerprint density at radius 2 is 2.11 bits per heavy atom. The molecule has 0 saturated heterocycles. The average Bonchev–Trinajstić information content (AvgIpc) is 2.74. The Hall–Kier alpha value is -1.05. The fraction of sp³-hybridized carbons (Fsp3) is 0.182. The van der Waals surface area contributed by atoms with E-state index in [2.05, 4.69) is 9.36 Å². The van der Waals surface area contributed by atoms with Crippen LogP contribution >= 0.6 is 35.1 Å². The summed E-state index contributed by atoms with van der Waals surface area (Å²) in [6.07, 6.45) is 1.87. The molecule has 0 aliphatic carbocycles. The van der Waals surface area contributed by atoms with E-state index in [0.29, 0.717) is 16.3 Å². The lowest BCUT2D eigenvalue weighted by Gasteiger charge is -2.07. The van der Waals surface area contributed by atoms with E-state index in [-0.39, 0.29) is 0 Å². The van der Waals surface area contributed by atoms with Crippen LogP contribution in [-0.2, 0) is 0 Å². The van der Waals surface area contributed by atoms with E-state index < -0.39 is 5.97 Å². The molecule has 0 aliphatic rings. The minimum absolute atomic E-state index is 0.336. The second-order valence-electron chi connectivity index (χ2n) is 3.35. The first-order valence-electron chi connectivity index (χ1n) is 5.00. The van der Waals surface area contributed by atoms with Crippen molar-refractivity contribution in [3.8, 4) is 0 Å². The molecule has 0 amide bonds. The summed E-state index contributed by atoms with van der Waals surface area (Å²) in [7, 11) is 0. The van der Waals surface area contributed by atoms with Gasteiger partial charge in [0.2, 0.25) is 0 Å². The van der Waals surface area contributed by atoms with Gasteiger partial charge in [0.25, 0.3) is 0 Å². The highest BCUT2D eigenvalue weighted by Crippen LogP contribution is 2.35. The number of carbonyl (C=O) groups is 1. The number of thioether (sulfide) groups is 1. The van der Waals surface area contributed by atoms with Crippen molar-refractivity contribution in [1.82, 2.24) is 9.36 Å². The zero-order valence-corrected chi connectivity index (χ0v) is 12.2. The smallest absolute Gasteiger partial charge is 0.337 e. The summed E-state index contributed by atoms with van der Waals surface area (Å²) in [4.78, 5) is 17.0. The Morgan fingerprint density at radius 1 is 1.39 bits per heavy atom. The van der Waals surface area contributed by atoms with Gasteiger partial charge >= 0.3 is 5.97 Å². The lowest BCUT2D eigenvalue weighted by molar-refractivity contribution is 0.0689. The van der Waals surface area contributed by atoms with Gasteiger partial charge in [0, 0.05) is 9.79 Å². The molecule has 0 unspecified atom stereocenters. The van der Waals surface area contributed by atoms with Gasteiger partial charge in [0.1, 0.15) is 5.82 Å². The molecule has 94 valence electrons. The van der Waals surface area contributed by atoms with Gasteiger partial charge in [-0.25, -0.2) is 9.78 Å². The van der Waals surface area contributed by atoms with Crippen LogP contribution in [0, 0.1) is 6.92 Å². The van der Waals surface area contributed by atoms with E-state index in [9.17, 15) is 9.90 Å². The fourth-order valence-corrected chi connectivity index (χ4v) is 3.84. The summed E-state index contributed by atoms with van der Waals surface area (Å²) >= 11 is 4.05. The van der Waals surface area contributed by atoms with Gasteiger partial charge in [-0.15, -0.1) is 11.8 Å². The highest BCUT2D eigenvalue weighted by Gasteiger charge is 2.17. The number of benzene rings is 1. The highest BCUT2D eigenvalue weighted by molar-refractivity contribution is 8.01. The van der Waals surface area contributed by atoms with Crippen molar-refractivity contribution in [1.29, 1.82) is 0 Å². The van der Waals surface area contributed by atoms with Crippen molar-refractivity contribution in [3.63, 3.8) is 0 Å². The topological polar surface area (TPSA) is 63.1 Å². The molecule has 0 bridgehead atoms. The summed E-state index contributed by atoms with van der Waals surface area (Å²) in [5.74, 6) is -0.205. The molecule has 4 nitrogen and oxygen atoms in total. The summed E-state index contributed by atoms with van der Waals surface area (Å²) in [6.45, 7) is 1.82. The van der Waals surface area contributed by atoms with Crippen LogP contribution in [-0.4, -0.2) is 26.7 Å². The molecule has 0 radical (unpaired) electrons. The Balaban J connectivity index is 2.41. The Morgan fingerprint density at radius 3 is 2.67 bits per heavy atom. The lowest BCUT2D eigenvalue weighted by atomic mass is 10.2. The number of aryl methyl sites for hydroxylation is 1. The van der Waals surface area contributed by atoms with Crippen molar-refractivity contribution < 1.29 is 9.90 Å². The SMILES string of the molecule is CSc1cccc(Sc2nc(C)ns2)c1C(=O)O. The summed E-state index contributed by atoms with van der Waals surface area (Å²) < 4.78 is 4.84. The normalized spacial score (nSPS) is 10.6. The van der Waals surface area contributed by atoms with Crippen LogP contribution in [0.2, 0.25) is 0 Å². The number of hydrogen-bond acceptors (Lipinski definition) is 6. The maximum atomic E-state index is 11.3. The molecule has 2 aromatic rings. The van der Waals surface area contributed by atoms with Crippen LogP contribution < -0.4 is 0 Å². The molecule has 1 heterocycles. The zero-order valence-electron chi connectivity index (χ0n) is 9.71. The van der Waals surface area contributed by atoms with Crippen molar-refractivity contribution in [2.24, 2.45) is 0 Å². The second kappa shape index (κ2) is 5.73. The molecule has 2 rings (SSSR count). The quantitative estimate of drug-likeness (QED) is 0.873. The first-order chi connectivity index (χ1) is 8.61. The molecule has 1 aromatic heterocycles. The summed E-state index contributed by atoms with van der Waals surface area (Å²) in [6, 6.07) is 5.46. The van der Waals surface area contributed by atoms with Gasteiger partial charge in [0.15, 0.2) is 4.34 Å². The zero-order chi connectivity index (χ0) is 13.1. The molecular formula is C11H10N2O2S3. The third-order valence-corrected chi connectivity index (χ3v) is 4.81. The van der Waals surface area contributed by atoms with E-state index in [0.717, 1.165) is 9.24 Å². The number of rotatable bonds is 4. The minimum atomic E-state index is -0.913. The Bertz CT molecular complexity index is 583. The molecule has 0 spiro atoms. The molecule has 18 heavy (non-hydrogen) atoms. The monoisotopic (exact) mass is 298 g/mol. The van der Waals surface area contributed by atoms with Crippen LogP contribution in [0.1, 0.15) is 16.2 Å². The largest absolute Gasteiger partial charge is 0.478 e. The summed E-state index contributed by atoms with van der Waals surface area (Å²) in [5.41, 5.74) is 0.336. The lowest BCUT2D eigenvalue weighted by Crippen LogP contribution is -2.01. The van der Waals surface area contributed by atoms with E-state index >= 15 is 0 Å². The number of aromatic nitrogens is 2. The van der Waals surface area contributed by atoms with Crippen molar-refractivity contribution in [3.05, 3.63) is 29.6 Å². The summed E-state index contributed by atoms with van der Waals surface area (Å²) in [5, 5.41) is 9.30. The average molecular weight is 298 g/mol. The van der Waals surface area contributed by atoms with Crippen LogP contribution in [0.25, 0.3) is 0 Å². The number of carboxylic acid groups (broad SMARTS) is 1. The Labute approximate surface area is 117 Å². The van der Waals surface area contributed by atoms with E-state index in [1.54, 1.807) is 6.07 Å². The van der Waals surface area contributed by atoms with E-state index in [4.69, 9.17) is 0 Å². The maximum absolute atomic E-state index is 11.3. The van der Waals surface area contributed by atoms with Crippen LogP contribution in [0.3, 0.4) is 0 Å². The molecule has 0 saturated carbocycles. The van der Waals surface area contributed by atoms with Crippen LogP contribution in [0.5, 0.6) is 0 Å². The first-order valence-corrected chi connectivity index (χ1v) is 7.81. The van der Waals surface area contributed by atoms with Gasteiger partial charge in [-0.2, -0.15) is 4.37 Å². The van der Waals surface area contributed by atoms with Gasteiger partial charge in [0.05, 0.1) is 5.56 Å². The Kier molecular flexibility index (Phi) is 4.26. The number of carboxylic acids is 1. The standard InChI is InChI=1S/C11H10N2O2S3/c1-6-12-11(18-13-6)17-8-5-3-4-7(16-2)9(8)10(14)15/h3-5H,1-2H3,(H,14,15). The van der Waals surface area contributed by atoms with E-state index in [1.165, 1.54) is 35.1 Å². The number of nitrogens with zero attached hydrogens (tertiary/aromatic N) is 2. The predicted octanol–water partition coefficient (Wildman–Crippen LogP) is 3.42. The van der Waals surface area contributed by atoms with Gasteiger partial charge in [-0.1, -0.05) is 17.8 Å². The molecule has 0 aliphatic heterocycles. The molecule has 0 atom stereocenters. The number of aromatic carboxylic acids is 1. The minimum Gasteiger partial charge on any atom is -0.478 e. The molecular weight excluding hydrogens is 288 g/mol. The highest BCUT2D eigenvalue weighted by atomic mass is 32.2. The number of hydrogen-bond donors (Lipinski definition) is 1. The van der Waals surface area contributed by atoms with Gasteiger partial charge < -0.3 is 5.11 Å². The molecule has 7 heteroatoms. The fourth-order valence-electron chi connectivity index (χ4n) is 1.39. The van der Waals surface area contributed by atoms with Crippen molar-refractivity contribution in [2.75, 3.05) is 6.26 Å².